The summed E-state index contributed by atoms with van der Waals surface area (Å²) >= 11 is 0. The molecule has 3 aromatic rings. The molecule has 3 atom stereocenters. The van der Waals surface area contributed by atoms with Crippen molar-refractivity contribution >= 4 is 18.3 Å². The molecule has 0 unspecified atom stereocenters. The molecule has 3 heterocycles. The molecule has 2 aliphatic heterocycles. The SMILES string of the molecule is Cl.Cn1nnc(-c2ccc(C(=O)N3C[C@@H]4CNC[C@@H]4[C@H]3c3ccccc3)cc2)n1. The summed E-state index contributed by atoms with van der Waals surface area (Å²) in [7, 11) is 1.73. The van der Waals surface area contributed by atoms with Crippen LogP contribution in [0.15, 0.2) is 54.6 Å². The Morgan fingerprint density at radius 2 is 1.83 bits per heavy atom. The standard InChI is InChI=1S/C21H22N6O.ClH/c1-26-24-20(23-25-26)15-7-9-16(10-8-15)21(28)27-13-17-11-22-12-18(17)19(27)14-5-3-2-4-6-14;/h2-10,17-19,22H,11-13H2,1H3;1H/t17-,18-,19+;/m0./s1. The third-order valence-electron chi connectivity index (χ3n) is 5.86. The molecule has 2 aliphatic rings. The Morgan fingerprint density at radius 3 is 2.52 bits per heavy atom. The monoisotopic (exact) mass is 410 g/mol. The topological polar surface area (TPSA) is 75.9 Å². The Kier molecular flexibility index (Phi) is 5.34. The van der Waals surface area contributed by atoms with Crippen LogP contribution < -0.4 is 5.32 Å². The Labute approximate surface area is 175 Å². The van der Waals surface area contributed by atoms with Gasteiger partial charge in [-0.05, 0) is 28.8 Å². The third-order valence-corrected chi connectivity index (χ3v) is 5.86. The molecule has 0 bridgehead atoms. The van der Waals surface area contributed by atoms with Crippen LogP contribution in [0.3, 0.4) is 0 Å². The Bertz CT molecular complexity index is 990. The smallest absolute Gasteiger partial charge is 0.254 e. The number of halogens is 1. The van der Waals surface area contributed by atoms with Crippen molar-refractivity contribution in [3.8, 4) is 11.4 Å². The molecule has 2 aromatic carbocycles. The van der Waals surface area contributed by atoms with E-state index in [2.05, 4.69) is 49.9 Å². The molecule has 8 heteroatoms. The average molecular weight is 411 g/mol. The normalized spacial score (nSPS) is 22.9. The zero-order valence-electron chi connectivity index (χ0n) is 16.1. The highest BCUT2D eigenvalue weighted by molar-refractivity contribution is 5.95. The molecule has 29 heavy (non-hydrogen) atoms. The van der Waals surface area contributed by atoms with Crippen molar-refractivity contribution in [1.29, 1.82) is 0 Å². The van der Waals surface area contributed by atoms with E-state index in [0.717, 1.165) is 25.2 Å². The number of rotatable bonds is 3. The Hall–Kier alpha value is -2.77. The molecule has 0 spiro atoms. The van der Waals surface area contributed by atoms with Gasteiger partial charge < -0.3 is 10.2 Å². The number of aromatic nitrogens is 4. The van der Waals surface area contributed by atoms with Gasteiger partial charge in [0.2, 0.25) is 5.82 Å². The van der Waals surface area contributed by atoms with E-state index in [1.165, 1.54) is 10.4 Å². The first-order valence-corrected chi connectivity index (χ1v) is 9.62. The molecule has 0 aliphatic carbocycles. The summed E-state index contributed by atoms with van der Waals surface area (Å²) in [5.74, 6) is 1.62. The van der Waals surface area contributed by atoms with Gasteiger partial charge in [-0.15, -0.1) is 22.6 Å². The molecule has 2 saturated heterocycles. The van der Waals surface area contributed by atoms with Crippen LogP contribution in [-0.4, -0.2) is 50.6 Å². The van der Waals surface area contributed by atoms with Crippen molar-refractivity contribution in [3.05, 3.63) is 65.7 Å². The predicted octanol–water partition coefficient (Wildman–Crippen LogP) is 2.33. The lowest BCUT2D eigenvalue weighted by atomic mass is 9.89. The van der Waals surface area contributed by atoms with E-state index in [4.69, 9.17) is 0 Å². The first-order chi connectivity index (χ1) is 13.7. The van der Waals surface area contributed by atoms with Crippen LogP contribution in [0.2, 0.25) is 0 Å². The van der Waals surface area contributed by atoms with E-state index in [1.54, 1.807) is 7.05 Å². The van der Waals surface area contributed by atoms with Crippen molar-refractivity contribution in [2.75, 3.05) is 19.6 Å². The van der Waals surface area contributed by atoms with Crippen LogP contribution in [0, 0.1) is 11.8 Å². The van der Waals surface area contributed by atoms with Gasteiger partial charge in [0, 0.05) is 36.7 Å². The highest BCUT2D eigenvalue weighted by Crippen LogP contribution is 2.43. The summed E-state index contributed by atoms with van der Waals surface area (Å²) in [5, 5.41) is 15.6. The lowest BCUT2D eigenvalue weighted by Gasteiger charge is -2.28. The summed E-state index contributed by atoms with van der Waals surface area (Å²) in [6.07, 6.45) is 0. The maximum Gasteiger partial charge on any atom is 0.254 e. The molecular formula is C21H23ClN6O. The highest BCUT2D eigenvalue weighted by Gasteiger charge is 2.46. The van der Waals surface area contributed by atoms with Crippen LogP contribution >= 0.6 is 12.4 Å². The third kappa shape index (κ3) is 3.52. The number of benzene rings is 2. The summed E-state index contributed by atoms with van der Waals surface area (Å²) < 4.78 is 0. The number of hydrogen-bond donors (Lipinski definition) is 1. The number of likely N-dealkylation sites (tertiary alicyclic amines) is 1. The fourth-order valence-electron chi connectivity index (χ4n) is 4.53. The average Bonchev–Trinajstić information content (AvgIpc) is 3.44. The number of carbonyl (C=O) groups excluding carboxylic acids is 1. The number of aryl methyl sites for hydroxylation is 1. The van der Waals surface area contributed by atoms with Gasteiger partial charge in [-0.1, -0.05) is 42.5 Å². The fraction of sp³-hybridized carbons (Fsp3) is 0.333. The summed E-state index contributed by atoms with van der Waals surface area (Å²) in [4.78, 5) is 16.9. The summed E-state index contributed by atoms with van der Waals surface area (Å²) in [6.45, 7) is 2.74. The molecular weight excluding hydrogens is 388 g/mol. The van der Waals surface area contributed by atoms with Crippen LogP contribution in [0.25, 0.3) is 11.4 Å². The number of carbonyl (C=O) groups is 1. The van der Waals surface area contributed by atoms with Gasteiger partial charge in [-0.2, -0.15) is 4.80 Å². The number of nitrogens with zero attached hydrogens (tertiary/aromatic N) is 5. The minimum Gasteiger partial charge on any atom is -0.331 e. The molecule has 0 radical (unpaired) electrons. The van der Waals surface area contributed by atoms with Gasteiger partial charge >= 0.3 is 0 Å². The van der Waals surface area contributed by atoms with Gasteiger partial charge in [0.1, 0.15) is 0 Å². The van der Waals surface area contributed by atoms with E-state index in [1.807, 2.05) is 30.3 Å². The molecule has 0 saturated carbocycles. The number of amides is 1. The lowest BCUT2D eigenvalue weighted by Crippen LogP contribution is -2.34. The lowest BCUT2D eigenvalue weighted by molar-refractivity contribution is 0.0714. The summed E-state index contributed by atoms with van der Waals surface area (Å²) in [6, 6.07) is 18.0. The molecule has 2 fully saturated rings. The van der Waals surface area contributed by atoms with Crippen LogP contribution in [0.4, 0.5) is 0 Å². The minimum absolute atomic E-state index is 0. The van der Waals surface area contributed by atoms with Crippen molar-refractivity contribution in [2.24, 2.45) is 18.9 Å². The van der Waals surface area contributed by atoms with Crippen LogP contribution in [0.1, 0.15) is 22.0 Å². The first-order valence-electron chi connectivity index (χ1n) is 9.62. The number of hydrogen-bond acceptors (Lipinski definition) is 5. The van der Waals surface area contributed by atoms with Crippen molar-refractivity contribution in [1.82, 2.24) is 30.4 Å². The molecule has 5 rings (SSSR count). The van der Waals surface area contributed by atoms with Crippen molar-refractivity contribution < 1.29 is 4.79 Å². The van der Waals surface area contributed by atoms with E-state index >= 15 is 0 Å². The van der Waals surface area contributed by atoms with Crippen molar-refractivity contribution in [2.45, 2.75) is 6.04 Å². The van der Waals surface area contributed by atoms with E-state index in [-0.39, 0.29) is 24.4 Å². The highest BCUT2D eigenvalue weighted by atomic mass is 35.5. The maximum absolute atomic E-state index is 13.4. The van der Waals surface area contributed by atoms with Gasteiger partial charge in [-0.25, -0.2) is 0 Å². The quantitative estimate of drug-likeness (QED) is 0.717. The minimum atomic E-state index is 0. The fourth-order valence-corrected chi connectivity index (χ4v) is 4.53. The van der Waals surface area contributed by atoms with E-state index in [0.29, 0.717) is 23.2 Å². The van der Waals surface area contributed by atoms with Gasteiger partial charge in [0.25, 0.3) is 5.91 Å². The van der Waals surface area contributed by atoms with Gasteiger partial charge in [0.05, 0.1) is 13.1 Å². The number of nitrogens with one attached hydrogen (secondary N) is 1. The van der Waals surface area contributed by atoms with Crippen LogP contribution in [0.5, 0.6) is 0 Å². The maximum atomic E-state index is 13.4. The van der Waals surface area contributed by atoms with E-state index < -0.39 is 0 Å². The molecule has 1 aromatic heterocycles. The van der Waals surface area contributed by atoms with Gasteiger partial charge in [-0.3, -0.25) is 4.79 Å². The van der Waals surface area contributed by atoms with Crippen molar-refractivity contribution in [3.63, 3.8) is 0 Å². The second-order valence-corrected chi connectivity index (χ2v) is 7.58. The molecule has 150 valence electrons. The molecule has 1 N–H and O–H groups in total. The zero-order valence-corrected chi connectivity index (χ0v) is 16.9. The largest absolute Gasteiger partial charge is 0.331 e. The zero-order chi connectivity index (χ0) is 19.1. The molecule has 7 nitrogen and oxygen atoms in total. The second-order valence-electron chi connectivity index (χ2n) is 7.58. The second kappa shape index (κ2) is 7.93. The Morgan fingerprint density at radius 1 is 1.07 bits per heavy atom. The van der Waals surface area contributed by atoms with Gasteiger partial charge in [0.15, 0.2) is 0 Å². The Balaban J connectivity index is 0.00000205. The first kappa shape index (κ1) is 19.5. The van der Waals surface area contributed by atoms with E-state index in [9.17, 15) is 4.79 Å². The predicted molar refractivity (Wildman–Crippen MR) is 112 cm³/mol. The summed E-state index contributed by atoms with van der Waals surface area (Å²) in [5.41, 5.74) is 2.76. The number of tetrazole rings is 1. The van der Waals surface area contributed by atoms with Crippen LogP contribution in [-0.2, 0) is 7.05 Å². The number of fused-ring (bicyclic) bond motifs is 1. The molecule has 1 amide bonds.